The lowest BCUT2D eigenvalue weighted by Crippen LogP contribution is -1.83. The lowest BCUT2D eigenvalue weighted by molar-refractivity contribution is 1.30. The van der Waals surface area contributed by atoms with E-state index in [1.165, 1.54) is 0 Å². The van der Waals surface area contributed by atoms with E-state index in [9.17, 15) is 0 Å². The number of halogens is 1. The molecule has 1 aromatic rings. The summed E-state index contributed by atoms with van der Waals surface area (Å²) in [7, 11) is 0. The number of terminal acetylenes is 1. The van der Waals surface area contributed by atoms with Crippen LogP contribution in [0.4, 0.5) is 0 Å². The summed E-state index contributed by atoms with van der Waals surface area (Å²) in [5, 5.41) is 0.693. The molecule has 0 bridgehead atoms. The van der Waals surface area contributed by atoms with Crippen LogP contribution in [-0.4, -0.2) is 12.8 Å². The molecule has 1 nitrogen and oxygen atoms in total. The van der Waals surface area contributed by atoms with Gasteiger partial charge in [0.05, 0.1) is 6.54 Å². The highest BCUT2D eigenvalue weighted by Gasteiger charge is 1.92. The van der Waals surface area contributed by atoms with Gasteiger partial charge in [-0.15, -0.1) is 6.42 Å². The van der Waals surface area contributed by atoms with Crippen molar-refractivity contribution in [3.63, 3.8) is 0 Å². The van der Waals surface area contributed by atoms with E-state index in [0.717, 1.165) is 5.56 Å². The molecule has 0 fully saturated rings. The Hall–Kier alpha value is -1.26. The monoisotopic (exact) mass is 177 g/mol. The molecule has 2 heteroatoms. The van der Waals surface area contributed by atoms with E-state index in [4.69, 9.17) is 18.0 Å². The number of rotatable bonds is 2. The Balaban J connectivity index is 2.77. The van der Waals surface area contributed by atoms with Gasteiger partial charge in [-0.2, -0.15) is 0 Å². The van der Waals surface area contributed by atoms with Crippen LogP contribution in [0.25, 0.3) is 0 Å². The molecule has 60 valence electrons. The number of hydrogen-bond acceptors (Lipinski definition) is 1. The second-order valence-corrected chi connectivity index (χ2v) is 2.60. The molecule has 0 unspecified atom stereocenters. The molecule has 1 aromatic carbocycles. The quantitative estimate of drug-likeness (QED) is 0.486. The maximum atomic E-state index is 5.86. The first-order valence-corrected chi connectivity index (χ1v) is 3.90. The predicted octanol–water partition coefficient (Wildman–Crippen LogP) is 2.39. The van der Waals surface area contributed by atoms with Crippen LogP contribution in [0.5, 0.6) is 0 Å². The van der Waals surface area contributed by atoms with Crippen molar-refractivity contribution < 1.29 is 0 Å². The van der Waals surface area contributed by atoms with Gasteiger partial charge in [0.25, 0.3) is 0 Å². The van der Waals surface area contributed by atoms with Crippen molar-refractivity contribution in [3.8, 4) is 12.3 Å². The fourth-order valence-electron chi connectivity index (χ4n) is 0.776. The molecule has 0 aromatic heterocycles. The highest BCUT2D eigenvalue weighted by atomic mass is 35.5. The summed E-state index contributed by atoms with van der Waals surface area (Å²) >= 11 is 5.86. The summed E-state index contributed by atoms with van der Waals surface area (Å²) in [6, 6.07) is 7.49. The third-order valence-corrected chi connectivity index (χ3v) is 1.66. The SMILES string of the molecule is C#CCN=Cc1ccccc1Cl. The van der Waals surface area contributed by atoms with Gasteiger partial charge in [-0.05, 0) is 6.07 Å². The van der Waals surface area contributed by atoms with Crippen molar-refractivity contribution in [1.29, 1.82) is 0 Å². The van der Waals surface area contributed by atoms with Crippen LogP contribution < -0.4 is 0 Å². The largest absolute Gasteiger partial charge is 0.280 e. The highest BCUT2D eigenvalue weighted by molar-refractivity contribution is 6.33. The van der Waals surface area contributed by atoms with Crippen LogP contribution in [0.1, 0.15) is 5.56 Å². The Morgan fingerprint density at radius 3 is 2.92 bits per heavy atom. The zero-order valence-electron chi connectivity index (χ0n) is 6.50. The molecule has 1 rings (SSSR count). The van der Waals surface area contributed by atoms with Gasteiger partial charge in [0.2, 0.25) is 0 Å². The predicted molar refractivity (Wildman–Crippen MR) is 52.7 cm³/mol. The third kappa shape index (κ3) is 2.41. The molecule has 0 amide bonds. The van der Waals surface area contributed by atoms with Gasteiger partial charge in [-0.3, -0.25) is 4.99 Å². The molecule has 0 aliphatic rings. The average molecular weight is 178 g/mol. The van der Waals surface area contributed by atoms with Gasteiger partial charge in [0.1, 0.15) is 0 Å². The Bertz CT molecular complexity index is 323. The summed E-state index contributed by atoms with van der Waals surface area (Å²) in [5.41, 5.74) is 0.898. The smallest absolute Gasteiger partial charge is 0.0995 e. The standard InChI is InChI=1S/C10H8ClN/c1-2-7-12-8-9-5-3-4-6-10(9)11/h1,3-6,8H,7H2. The van der Waals surface area contributed by atoms with E-state index in [-0.39, 0.29) is 0 Å². The van der Waals surface area contributed by atoms with Crippen LogP contribution in [-0.2, 0) is 0 Å². The Kier molecular flexibility index (Phi) is 3.37. The van der Waals surface area contributed by atoms with E-state index in [0.29, 0.717) is 11.6 Å². The zero-order valence-corrected chi connectivity index (χ0v) is 7.25. The molecule has 0 saturated heterocycles. The first kappa shape index (κ1) is 8.83. The van der Waals surface area contributed by atoms with E-state index in [1.54, 1.807) is 6.21 Å². The van der Waals surface area contributed by atoms with E-state index >= 15 is 0 Å². The van der Waals surface area contributed by atoms with Crippen molar-refractivity contribution in [1.82, 2.24) is 0 Å². The second kappa shape index (κ2) is 4.58. The van der Waals surface area contributed by atoms with Crippen molar-refractivity contribution in [2.75, 3.05) is 6.54 Å². The van der Waals surface area contributed by atoms with Crippen LogP contribution in [0.3, 0.4) is 0 Å². The van der Waals surface area contributed by atoms with Gasteiger partial charge in [0, 0.05) is 16.8 Å². The molecule has 0 heterocycles. The lowest BCUT2D eigenvalue weighted by Gasteiger charge is -1.94. The van der Waals surface area contributed by atoms with E-state index < -0.39 is 0 Å². The summed E-state index contributed by atoms with van der Waals surface area (Å²) in [4.78, 5) is 3.98. The summed E-state index contributed by atoms with van der Waals surface area (Å²) < 4.78 is 0. The Labute approximate surface area is 77.1 Å². The minimum atomic E-state index is 0.394. The first-order valence-electron chi connectivity index (χ1n) is 3.52. The molecular weight excluding hydrogens is 170 g/mol. The van der Waals surface area contributed by atoms with Crippen LogP contribution in [0, 0.1) is 12.3 Å². The Morgan fingerprint density at radius 1 is 1.50 bits per heavy atom. The molecule has 0 atom stereocenters. The number of aliphatic imine (C=N–C) groups is 1. The molecular formula is C10H8ClN. The zero-order chi connectivity index (χ0) is 8.81. The average Bonchev–Trinajstić information content (AvgIpc) is 2.09. The summed E-state index contributed by atoms with van der Waals surface area (Å²) in [6.07, 6.45) is 6.72. The van der Waals surface area contributed by atoms with Crippen LogP contribution in [0.2, 0.25) is 5.02 Å². The van der Waals surface area contributed by atoms with E-state index in [2.05, 4.69) is 10.9 Å². The molecule has 0 radical (unpaired) electrons. The topological polar surface area (TPSA) is 12.4 Å². The van der Waals surface area contributed by atoms with Crippen LogP contribution in [0.15, 0.2) is 29.3 Å². The fourth-order valence-corrected chi connectivity index (χ4v) is 0.961. The lowest BCUT2D eigenvalue weighted by atomic mass is 10.2. The number of hydrogen-bond donors (Lipinski definition) is 0. The molecule has 0 saturated carbocycles. The summed E-state index contributed by atoms with van der Waals surface area (Å²) in [6.45, 7) is 0.394. The summed E-state index contributed by atoms with van der Waals surface area (Å²) in [5.74, 6) is 2.42. The number of nitrogens with zero attached hydrogens (tertiary/aromatic N) is 1. The fraction of sp³-hybridized carbons (Fsp3) is 0.100. The van der Waals surface area contributed by atoms with Crippen molar-refractivity contribution in [2.45, 2.75) is 0 Å². The van der Waals surface area contributed by atoms with Gasteiger partial charge < -0.3 is 0 Å². The normalized spacial score (nSPS) is 10.0. The van der Waals surface area contributed by atoms with Gasteiger partial charge in [-0.25, -0.2) is 0 Å². The third-order valence-electron chi connectivity index (χ3n) is 1.32. The Morgan fingerprint density at radius 2 is 2.25 bits per heavy atom. The van der Waals surface area contributed by atoms with Crippen LogP contribution >= 0.6 is 11.6 Å². The molecule has 12 heavy (non-hydrogen) atoms. The van der Waals surface area contributed by atoms with Gasteiger partial charge >= 0.3 is 0 Å². The minimum Gasteiger partial charge on any atom is -0.280 e. The maximum Gasteiger partial charge on any atom is 0.0995 e. The van der Waals surface area contributed by atoms with Gasteiger partial charge in [0.15, 0.2) is 0 Å². The second-order valence-electron chi connectivity index (χ2n) is 2.20. The molecule has 0 spiro atoms. The minimum absolute atomic E-state index is 0.394. The molecule has 0 N–H and O–H groups in total. The molecule has 0 aliphatic carbocycles. The van der Waals surface area contributed by atoms with Crippen molar-refractivity contribution in [3.05, 3.63) is 34.9 Å². The molecule has 0 aliphatic heterocycles. The first-order chi connectivity index (χ1) is 5.84. The highest BCUT2D eigenvalue weighted by Crippen LogP contribution is 2.11. The maximum absolute atomic E-state index is 5.86. The van der Waals surface area contributed by atoms with E-state index in [1.807, 2.05) is 24.3 Å². The number of benzene rings is 1. The van der Waals surface area contributed by atoms with Crippen molar-refractivity contribution >= 4 is 17.8 Å². The van der Waals surface area contributed by atoms with Gasteiger partial charge in [-0.1, -0.05) is 35.7 Å². The van der Waals surface area contributed by atoms with Crippen molar-refractivity contribution in [2.24, 2.45) is 4.99 Å².